The van der Waals surface area contributed by atoms with Crippen LogP contribution >= 0.6 is 0 Å². The second-order valence-electron chi connectivity index (χ2n) is 5.57. The van der Waals surface area contributed by atoms with Crippen LogP contribution in [0.15, 0.2) is 42.5 Å². The van der Waals surface area contributed by atoms with Gasteiger partial charge in [-0.25, -0.2) is 4.79 Å². The Kier molecular flexibility index (Phi) is 6.75. The second kappa shape index (κ2) is 9.04. The molecule has 0 atom stereocenters. The first-order valence-corrected chi connectivity index (χ1v) is 8.17. The van der Waals surface area contributed by atoms with Gasteiger partial charge in [0.1, 0.15) is 11.4 Å². The Morgan fingerprint density at radius 3 is 2.34 bits per heavy atom. The highest BCUT2D eigenvalue weighted by molar-refractivity contribution is 5.96. The molecule has 1 amide bonds. The summed E-state index contributed by atoms with van der Waals surface area (Å²) in [7, 11) is 0. The van der Waals surface area contributed by atoms with Crippen LogP contribution in [-0.4, -0.2) is 30.0 Å². The van der Waals surface area contributed by atoms with Crippen molar-refractivity contribution in [2.45, 2.75) is 13.1 Å². The highest BCUT2D eigenvalue weighted by Gasteiger charge is 2.33. The van der Waals surface area contributed by atoms with Crippen molar-refractivity contribution >= 4 is 23.3 Å². The normalized spacial score (nSPS) is 10.9. The quantitative estimate of drug-likeness (QED) is 0.421. The van der Waals surface area contributed by atoms with E-state index < -0.39 is 46.5 Å². The van der Waals surface area contributed by atoms with Crippen molar-refractivity contribution in [3.63, 3.8) is 0 Å². The molecule has 0 aliphatic rings. The minimum absolute atomic E-state index is 0.141. The summed E-state index contributed by atoms with van der Waals surface area (Å²) in [6, 6.07) is 7.57. The summed E-state index contributed by atoms with van der Waals surface area (Å²) in [6.07, 6.45) is -4.78. The van der Waals surface area contributed by atoms with Crippen molar-refractivity contribution in [1.29, 1.82) is 0 Å². The van der Waals surface area contributed by atoms with Gasteiger partial charge in [0.15, 0.2) is 6.61 Å². The zero-order chi connectivity index (χ0) is 21.6. The summed E-state index contributed by atoms with van der Waals surface area (Å²) in [4.78, 5) is 33.8. The number of nitro benzene ring substituents is 1. The van der Waals surface area contributed by atoms with Crippen LogP contribution in [-0.2, 0) is 15.7 Å². The van der Waals surface area contributed by atoms with E-state index in [9.17, 15) is 32.9 Å². The maximum atomic E-state index is 12.7. The highest BCUT2D eigenvalue weighted by atomic mass is 19.4. The molecule has 2 aromatic carbocycles. The van der Waals surface area contributed by atoms with Gasteiger partial charge in [-0.1, -0.05) is 0 Å². The number of amides is 1. The molecule has 154 valence electrons. The fourth-order valence-corrected chi connectivity index (χ4v) is 2.22. The van der Waals surface area contributed by atoms with E-state index in [0.29, 0.717) is 24.5 Å². The van der Waals surface area contributed by atoms with Crippen LogP contribution in [0.5, 0.6) is 5.75 Å². The van der Waals surface area contributed by atoms with Crippen molar-refractivity contribution < 1.29 is 37.2 Å². The number of rotatable bonds is 7. The van der Waals surface area contributed by atoms with Gasteiger partial charge in [0.2, 0.25) is 0 Å². The van der Waals surface area contributed by atoms with Gasteiger partial charge in [0, 0.05) is 6.07 Å². The van der Waals surface area contributed by atoms with E-state index in [-0.39, 0.29) is 5.56 Å². The average Bonchev–Trinajstić information content (AvgIpc) is 2.66. The number of ether oxygens (including phenoxy) is 2. The molecule has 0 saturated carbocycles. The molecule has 0 spiro atoms. The first-order valence-electron chi connectivity index (χ1n) is 8.17. The van der Waals surface area contributed by atoms with E-state index >= 15 is 0 Å². The molecule has 0 fully saturated rings. The maximum Gasteiger partial charge on any atom is 0.416 e. The minimum atomic E-state index is -4.78. The number of hydrogen-bond donors (Lipinski definition) is 1. The highest BCUT2D eigenvalue weighted by Crippen LogP contribution is 2.34. The first kappa shape index (κ1) is 21.7. The van der Waals surface area contributed by atoms with Crippen LogP contribution in [0.4, 0.5) is 24.5 Å². The SMILES string of the molecule is CCOc1ccc(C(=O)OCC(=O)Nc2ccc(C(F)(F)F)cc2[N+](=O)[O-])cc1. The lowest BCUT2D eigenvalue weighted by molar-refractivity contribution is -0.384. The molecule has 1 N–H and O–H groups in total. The Bertz CT molecular complexity index is 913. The molecule has 0 aromatic heterocycles. The molecule has 0 radical (unpaired) electrons. The number of hydrogen-bond acceptors (Lipinski definition) is 6. The van der Waals surface area contributed by atoms with Gasteiger partial charge in [-0.2, -0.15) is 13.2 Å². The van der Waals surface area contributed by atoms with Crippen molar-refractivity contribution in [3.05, 3.63) is 63.7 Å². The zero-order valence-electron chi connectivity index (χ0n) is 15.0. The number of esters is 1. The predicted molar refractivity (Wildman–Crippen MR) is 94.6 cm³/mol. The van der Waals surface area contributed by atoms with Gasteiger partial charge < -0.3 is 14.8 Å². The summed E-state index contributed by atoms with van der Waals surface area (Å²) in [5, 5.41) is 13.1. The summed E-state index contributed by atoms with van der Waals surface area (Å²) >= 11 is 0. The molecule has 8 nitrogen and oxygen atoms in total. The lowest BCUT2D eigenvalue weighted by Crippen LogP contribution is -2.21. The Morgan fingerprint density at radius 2 is 1.79 bits per heavy atom. The number of carbonyl (C=O) groups excluding carboxylic acids is 2. The summed E-state index contributed by atoms with van der Waals surface area (Å²) in [5.74, 6) is -1.24. The fourth-order valence-electron chi connectivity index (χ4n) is 2.22. The molecule has 2 aromatic rings. The number of alkyl halides is 3. The van der Waals surface area contributed by atoms with E-state index in [1.54, 1.807) is 6.92 Å². The minimum Gasteiger partial charge on any atom is -0.494 e. The third-order valence-corrected chi connectivity index (χ3v) is 3.53. The summed E-state index contributed by atoms with van der Waals surface area (Å²) < 4.78 is 48.1. The Morgan fingerprint density at radius 1 is 1.14 bits per heavy atom. The number of anilines is 1. The Labute approximate surface area is 162 Å². The maximum absolute atomic E-state index is 12.7. The molecular formula is C18H15F3N2O6. The van der Waals surface area contributed by atoms with E-state index in [4.69, 9.17) is 9.47 Å². The largest absolute Gasteiger partial charge is 0.494 e. The molecule has 0 heterocycles. The third-order valence-electron chi connectivity index (χ3n) is 3.53. The summed E-state index contributed by atoms with van der Waals surface area (Å²) in [6.45, 7) is 1.45. The molecule has 0 bridgehead atoms. The second-order valence-corrected chi connectivity index (χ2v) is 5.57. The van der Waals surface area contributed by atoms with Crippen molar-refractivity contribution in [2.75, 3.05) is 18.5 Å². The number of nitrogens with one attached hydrogen (secondary N) is 1. The van der Waals surface area contributed by atoms with Gasteiger partial charge in [0.05, 0.1) is 22.7 Å². The van der Waals surface area contributed by atoms with E-state index in [1.165, 1.54) is 24.3 Å². The lowest BCUT2D eigenvalue weighted by Gasteiger charge is -2.10. The van der Waals surface area contributed by atoms with E-state index in [1.807, 2.05) is 0 Å². The number of carbonyl (C=O) groups is 2. The number of nitro groups is 1. The van der Waals surface area contributed by atoms with Gasteiger partial charge >= 0.3 is 12.1 Å². The molecule has 29 heavy (non-hydrogen) atoms. The van der Waals surface area contributed by atoms with Crippen molar-refractivity contribution in [3.8, 4) is 5.75 Å². The van der Waals surface area contributed by atoms with Crippen LogP contribution in [0.3, 0.4) is 0 Å². The average molecular weight is 412 g/mol. The van der Waals surface area contributed by atoms with E-state index in [2.05, 4.69) is 5.32 Å². The van der Waals surface area contributed by atoms with Gasteiger partial charge in [0.25, 0.3) is 11.6 Å². The van der Waals surface area contributed by atoms with Crippen LogP contribution in [0.2, 0.25) is 0 Å². The van der Waals surface area contributed by atoms with Gasteiger partial charge in [-0.05, 0) is 43.3 Å². The summed E-state index contributed by atoms with van der Waals surface area (Å²) in [5.41, 5.74) is -2.48. The van der Waals surface area contributed by atoms with E-state index in [0.717, 1.165) is 6.07 Å². The van der Waals surface area contributed by atoms with Crippen LogP contribution < -0.4 is 10.1 Å². The predicted octanol–water partition coefficient (Wildman–Crippen LogP) is 3.81. The Hall–Kier alpha value is -3.63. The molecule has 0 saturated heterocycles. The Balaban J connectivity index is 2.01. The third kappa shape index (κ3) is 5.92. The number of nitrogens with zero attached hydrogens (tertiary/aromatic N) is 1. The zero-order valence-corrected chi connectivity index (χ0v) is 15.0. The standard InChI is InChI=1S/C18H15F3N2O6/c1-2-28-13-6-3-11(4-7-13)17(25)29-10-16(24)22-14-8-5-12(18(19,20)21)9-15(14)23(26)27/h3-9H,2,10H2,1H3,(H,22,24). The fraction of sp³-hybridized carbons (Fsp3) is 0.222. The van der Waals surface area contributed by atoms with Crippen molar-refractivity contribution in [2.24, 2.45) is 0 Å². The van der Waals surface area contributed by atoms with Gasteiger partial charge in [-0.15, -0.1) is 0 Å². The first-order chi connectivity index (χ1) is 13.6. The van der Waals surface area contributed by atoms with Crippen LogP contribution in [0.25, 0.3) is 0 Å². The molecular weight excluding hydrogens is 397 g/mol. The number of benzene rings is 2. The molecule has 0 aliphatic heterocycles. The lowest BCUT2D eigenvalue weighted by atomic mass is 10.1. The number of halogens is 3. The van der Waals surface area contributed by atoms with Crippen LogP contribution in [0, 0.1) is 10.1 Å². The van der Waals surface area contributed by atoms with Crippen LogP contribution in [0.1, 0.15) is 22.8 Å². The molecule has 0 aliphatic carbocycles. The monoisotopic (exact) mass is 412 g/mol. The van der Waals surface area contributed by atoms with Gasteiger partial charge in [-0.3, -0.25) is 14.9 Å². The molecule has 2 rings (SSSR count). The van der Waals surface area contributed by atoms with Crippen molar-refractivity contribution in [1.82, 2.24) is 0 Å². The smallest absolute Gasteiger partial charge is 0.416 e. The topological polar surface area (TPSA) is 108 Å². The molecule has 0 unspecified atom stereocenters. The molecule has 11 heteroatoms.